The monoisotopic (exact) mass is 536 g/mol. The fourth-order valence-corrected chi connectivity index (χ4v) is 4.61. The number of aryl methyl sites for hydroxylation is 1. The summed E-state index contributed by atoms with van der Waals surface area (Å²) in [6, 6.07) is 6.54. The highest BCUT2D eigenvalue weighted by atomic mass is 19.4. The molecule has 1 aliphatic heterocycles. The number of imidazole rings is 1. The van der Waals surface area contributed by atoms with Gasteiger partial charge in [0.2, 0.25) is 5.88 Å². The Labute approximate surface area is 220 Å². The molecule has 39 heavy (non-hydrogen) atoms. The lowest BCUT2D eigenvalue weighted by Gasteiger charge is -2.29. The topological polar surface area (TPSA) is 111 Å². The first-order chi connectivity index (χ1) is 18.7. The van der Waals surface area contributed by atoms with E-state index in [2.05, 4.69) is 25.3 Å². The molecule has 3 aromatic heterocycles. The van der Waals surface area contributed by atoms with Gasteiger partial charge in [-0.15, -0.1) is 0 Å². The van der Waals surface area contributed by atoms with Crippen LogP contribution in [-0.2, 0) is 26.3 Å². The van der Waals surface area contributed by atoms with Gasteiger partial charge in [-0.1, -0.05) is 24.3 Å². The number of nitrogens with zero attached hydrogens (tertiary/aromatic N) is 7. The van der Waals surface area contributed by atoms with Crippen molar-refractivity contribution in [1.82, 2.24) is 34.8 Å². The first-order valence-electron chi connectivity index (χ1n) is 12.2. The normalized spacial score (nSPS) is 15.2. The van der Waals surface area contributed by atoms with Crippen LogP contribution in [0.4, 0.5) is 23.8 Å². The van der Waals surface area contributed by atoms with Gasteiger partial charge in [0.1, 0.15) is 23.5 Å². The summed E-state index contributed by atoms with van der Waals surface area (Å²) in [7, 11) is 3.04. The number of carbonyl (C=O) groups excluding carboxylic acids is 1. The van der Waals surface area contributed by atoms with Crippen molar-refractivity contribution >= 4 is 11.8 Å². The van der Waals surface area contributed by atoms with Crippen LogP contribution in [-0.4, -0.2) is 42.6 Å². The molecule has 4 heterocycles. The van der Waals surface area contributed by atoms with E-state index in [0.29, 0.717) is 34.6 Å². The van der Waals surface area contributed by atoms with Crippen LogP contribution < -0.4 is 15.0 Å². The molecule has 0 spiro atoms. The van der Waals surface area contributed by atoms with Gasteiger partial charge in [-0.2, -0.15) is 13.2 Å². The molecular formula is C26H23F3N8O2. The number of carbonyl (C=O) groups is 1. The number of alkyl halides is 3. The second-order valence-electron chi connectivity index (χ2n) is 9.46. The Morgan fingerprint density at radius 3 is 2.54 bits per heavy atom. The number of nitrogens with one attached hydrogen (secondary N) is 1. The molecular weight excluding hydrogens is 513 g/mol. The van der Waals surface area contributed by atoms with Gasteiger partial charge in [0.15, 0.2) is 11.5 Å². The lowest BCUT2D eigenvalue weighted by molar-refractivity contribution is -0.140. The van der Waals surface area contributed by atoms with Crippen molar-refractivity contribution in [1.29, 1.82) is 0 Å². The van der Waals surface area contributed by atoms with E-state index in [1.807, 2.05) is 0 Å². The number of aromatic nitrogens is 6. The van der Waals surface area contributed by atoms with Crippen LogP contribution in [0.15, 0.2) is 43.0 Å². The molecule has 6 rings (SSSR count). The SMILES string of the molecule is COc1ncnc(C2CC2)c1-c1ncc2c(n1)N(Cc1ccc(-c3nc(C(F)(F)F)cn3C)cc1)C(=O)NC2. The molecule has 0 saturated heterocycles. The van der Waals surface area contributed by atoms with Crippen molar-refractivity contribution in [2.75, 3.05) is 12.0 Å². The summed E-state index contributed by atoms with van der Waals surface area (Å²) >= 11 is 0. The van der Waals surface area contributed by atoms with Crippen molar-refractivity contribution in [3.8, 4) is 28.7 Å². The minimum Gasteiger partial charge on any atom is -0.480 e. The van der Waals surface area contributed by atoms with Crippen LogP contribution >= 0.6 is 0 Å². The number of fused-ring (bicyclic) bond motifs is 1. The largest absolute Gasteiger partial charge is 0.480 e. The fourth-order valence-electron chi connectivity index (χ4n) is 4.61. The molecule has 1 fully saturated rings. The fraction of sp³-hybridized carbons (Fsp3) is 0.308. The summed E-state index contributed by atoms with van der Waals surface area (Å²) in [4.78, 5) is 36.2. The van der Waals surface area contributed by atoms with Gasteiger partial charge in [0.25, 0.3) is 0 Å². The van der Waals surface area contributed by atoms with Gasteiger partial charge in [0.05, 0.1) is 19.3 Å². The molecule has 10 nitrogen and oxygen atoms in total. The molecule has 1 aliphatic carbocycles. The maximum atomic E-state index is 13.1. The summed E-state index contributed by atoms with van der Waals surface area (Å²) < 4.78 is 46.1. The molecule has 0 radical (unpaired) electrons. The Morgan fingerprint density at radius 1 is 1.10 bits per heavy atom. The highest BCUT2D eigenvalue weighted by molar-refractivity contribution is 5.93. The number of amides is 2. The van der Waals surface area contributed by atoms with E-state index < -0.39 is 11.9 Å². The van der Waals surface area contributed by atoms with Crippen LogP contribution in [0.3, 0.4) is 0 Å². The molecule has 13 heteroatoms. The van der Waals surface area contributed by atoms with Gasteiger partial charge in [-0.25, -0.2) is 29.7 Å². The van der Waals surface area contributed by atoms with Crippen molar-refractivity contribution in [3.63, 3.8) is 0 Å². The third-order valence-electron chi connectivity index (χ3n) is 6.72. The Kier molecular flexibility index (Phi) is 5.92. The zero-order valence-corrected chi connectivity index (χ0v) is 21.0. The van der Waals surface area contributed by atoms with Crippen LogP contribution in [0.2, 0.25) is 0 Å². The van der Waals surface area contributed by atoms with E-state index in [1.165, 1.54) is 30.0 Å². The summed E-state index contributed by atoms with van der Waals surface area (Å²) in [5, 5.41) is 2.83. The van der Waals surface area contributed by atoms with Gasteiger partial charge in [-0.05, 0) is 18.4 Å². The molecule has 200 valence electrons. The molecule has 0 unspecified atom stereocenters. The minimum absolute atomic E-state index is 0.182. The molecule has 1 saturated carbocycles. The third kappa shape index (κ3) is 4.64. The van der Waals surface area contributed by atoms with Gasteiger partial charge in [-0.3, -0.25) is 4.90 Å². The number of methoxy groups -OCH3 is 1. The Bertz CT molecular complexity index is 1560. The number of rotatable bonds is 6. The first kappa shape index (κ1) is 24.8. The lowest BCUT2D eigenvalue weighted by Crippen LogP contribution is -2.44. The standard InChI is InChI=1S/C26H23F3N8O2/c1-36-12-18(26(27,28)29)34-22(36)16-5-3-14(4-6-16)11-37-23-17(10-31-25(37)38)9-30-21(35-23)19-20(15-7-8-15)32-13-33-24(19)39-2/h3-6,9,12-13,15H,7-8,10-11H2,1-2H3,(H,31,38). The van der Waals surface area contributed by atoms with Gasteiger partial charge in [0, 0.05) is 43.0 Å². The maximum Gasteiger partial charge on any atom is 0.434 e. The zero-order chi connectivity index (χ0) is 27.3. The molecule has 1 N–H and O–H groups in total. The molecule has 4 aromatic rings. The van der Waals surface area contributed by atoms with Crippen LogP contribution in [0.5, 0.6) is 5.88 Å². The maximum absolute atomic E-state index is 13.1. The van der Waals surface area contributed by atoms with Crippen LogP contribution in [0.25, 0.3) is 22.8 Å². The van der Waals surface area contributed by atoms with Crippen molar-refractivity contribution in [3.05, 3.63) is 65.5 Å². The quantitative estimate of drug-likeness (QED) is 0.387. The third-order valence-corrected chi connectivity index (χ3v) is 6.72. The number of urea groups is 1. The number of hydrogen-bond acceptors (Lipinski definition) is 7. The number of benzene rings is 1. The second-order valence-corrected chi connectivity index (χ2v) is 9.46. The van der Waals surface area contributed by atoms with Gasteiger partial charge < -0.3 is 14.6 Å². The first-order valence-corrected chi connectivity index (χ1v) is 12.2. The van der Waals surface area contributed by atoms with E-state index in [-0.39, 0.29) is 24.9 Å². The predicted molar refractivity (Wildman–Crippen MR) is 134 cm³/mol. The van der Waals surface area contributed by atoms with E-state index in [0.717, 1.165) is 35.9 Å². The smallest absolute Gasteiger partial charge is 0.434 e. The molecule has 0 bridgehead atoms. The van der Waals surface area contributed by atoms with Crippen molar-refractivity contribution in [2.45, 2.75) is 38.0 Å². The second kappa shape index (κ2) is 9.33. The lowest BCUT2D eigenvalue weighted by atomic mass is 10.1. The minimum atomic E-state index is -4.53. The molecule has 0 atom stereocenters. The highest BCUT2D eigenvalue weighted by Gasteiger charge is 2.35. The number of halogens is 3. The van der Waals surface area contributed by atoms with Crippen LogP contribution in [0, 0.1) is 0 Å². The Hall–Kier alpha value is -4.55. The number of hydrogen-bond donors (Lipinski definition) is 1. The summed E-state index contributed by atoms with van der Waals surface area (Å²) in [6.45, 7) is 0.463. The highest BCUT2D eigenvalue weighted by Crippen LogP contribution is 2.45. The van der Waals surface area contributed by atoms with Crippen LogP contribution in [0.1, 0.15) is 41.3 Å². The zero-order valence-electron chi connectivity index (χ0n) is 21.0. The number of ether oxygens (including phenoxy) is 1. The average molecular weight is 537 g/mol. The van der Waals surface area contributed by atoms with Gasteiger partial charge >= 0.3 is 12.2 Å². The predicted octanol–water partition coefficient (Wildman–Crippen LogP) is 4.47. The average Bonchev–Trinajstić information content (AvgIpc) is 3.70. The molecule has 2 amide bonds. The molecule has 1 aromatic carbocycles. The Morgan fingerprint density at radius 2 is 1.87 bits per heavy atom. The summed E-state index contributed by atoms with van der Waals surface area (Å²) in [6.07, 6.45) is 1.59. The van der Waals surface area contributed by atoms with E-state index >= 15 is 0 Å². The van der Waals surface area contributed by atoms with Crippen molar-refractivity contribution < 1.29 is 22.7 Å². The van der Waals surface area contributed by atoms with E-state index in [9.17, 15) is 18.0 Å². The summed E-state index contributed by atoms with van der Waals surface area (Å²) in [5.74, 6) is 1.69. The summed E-state index contributed by atoms with van der Waals surface area (Å²) in [5.41, 5.74) is 2.51. The van der Waals surface area contributed by atoms with E-state index in [4.69, 9.17) is 9.72 Å². The Balaban J connectivity index is 1.31. The van der Waals surface area contributed by atoms with E-state index in [1.54, 1.807) is 30.5 Å². The van der Waals surface area contributed by atoms with Crippen molar-refractivity contribution in [2.24, 2.45) is 7.05 Å². The number of anilines is 1. The molecule has 2 aliphatic rings.